The summed E-state index contributed by atoms with van der Waals surface area (Å²) in [7, 11) is 1.40. The highest BCUT2D eigenvalue weighted by Crippen LogP contribution is 2.27. The van der Waals surface area contributed by atoms with Gasteiger partial charge in [-0.25, -0.2) is 13.8 Å². The molecule has 86 valence electrons. The van der Waals surface area contributed by atoms with E-state index in [1.807, 2.05) is 6.07 Å². The molecular weight excluding hydrogens is 216 g/mol. The van der Waals surface area contributed by atoms with Crippen LogP contribution in [-0.2, 0) is 13.0 Å². The molecule has 1 rings (SSSR count). The quantitative estimate of drug-likeness (QED) is 0.847. The molecule has 0 fully saturated rings. The summed E-state index contributed by atoms with van der Waals surface area (Å²) >= 11 is 0. The predicted molar refractivity (Wildman–Crippen MR) is 53.0 cm³/mol. The number of nitrogens with two attached hydrogens (primary N) is 1. The van der Waals surface area contributed by atoms with E-state index in [-0.39, 0.29) is 24.2 Å². The molecule has 0 aliphatic rings. The number of aromatic nitrogens is 1. The van der Waals surface area contributed by atoms with Crippen molar-refractivity contribution in [3.63, 3.8) is 0 Å². The average Bonchev–Trinajstić information content (AvgIpc) is 2.28. The van der Waals surface area contributed by atoms with Gasteiger partial charge in [-0.05, 0) is 11.6 Å². The number of pyridine rings is 1. The number of halogens is 2. The third-order valence-corrected chi connectivity index (χ3v) is 2.06. The summed E-state index contributed by atoms with van der Waals surface area (Å²) in [5.41, 5.74) is 5.40. The second-order valence-electron chi connectivity index (χ2n) is 3.02. The van der Waals surface area contributed by atoms with Crippen molar-refractivity contribution >= 4 is 0 Å². The first-order valence-corrected chi connectivity index (χ1v) is 4.55. The minimum absolute atomic E-state index is 0.00965. The largest absolute Gasteiger partial charge is 0.495 e. The molecule has 0 radical (unpaired) electrons. The molecule has 6 heteroatoms. The van der Waals surface area contributed by atoms with E-state index in [2.05, 4.69) is 4.98 Å². The van der Waals surface area contributed by atoms with Gasteiger partial charge in [0.1, 0.15) is 11.4 Å². The normalized spacial score (nSPS) is 10.2. The zero-order chi connectivity index (χ0) is 12.1. The molecule has 1 heterocycles. The first-order valence-electron chi connectivity index (χ1n) is 4.55. The van der Waals surface area contributed by atoms with E-state index in [4.69, 9.17) is 15.7 Å². The molecule has 16 heavy (non-hydrogen) atoms. The highest BCUT2D eigenvalue weighted by Gasteiger charge is 2.18. The lowest BCUT2D eigenvalue weighted by Gasteiger charge is -2.11. The summed E-state index contributed by atoms with van der Waals surface area (Å²) in [4.78, 5) is 3.73. The van der Waals surface area contributed by atoms with Crippen LogP contribution in [0.3, 0.4) is 0 Å². The summed E-state index contributed by atoms with van der Waals surface area (Å²) in [6, 6.07) is 3.20. The fourth-order valence-corrected chi connectivity index (χ4v) is 1.33. The average molecular weight is 227 g/mol. The van der Waals surface area contributed by atoms with Crippen LogP contribution in [0.2, 0.25) is 0 Å². The SMILES string of the molecule is COc1cc(CC#N)c(C(F)F)nc1CN. The summed E-state index contributed by atoms with van der Waals surface area (Å²) in [5, 5.41) is 8.53. The molecule has 1 aromatic heterocycles. The second kappa shape index (κ2) is 5.37. The van der Waals surface area contributed by atoms with Crippen LogP contribution in [0.15, 0.2) is 6.07 Å². The Bertz CT molecular complexity index is 415. The Balaban J connectivity index is 3.30. The molecule has 2 N–H and O–H groups in total. The van der Waals surface area contributed by atoms with E-state index in [1.54, 1.807) is 0 Å². The van der Waals surface area contributed by atoms with Crippen LogP contribution in [0, 0.1) is 11.3 Å². The Morgan fingerprint density at radius 2 is 2.31 bits per heavy atom. The summed E-state index contributed by atoms with van der Waals surface area (Å²) < 4.78 is 30.3. The number of hydrogen-bond acceptors (Lipinski definition) is 4. The zero-order valence-corrected chi connectivity index (χ0v) is 8.70. The Morgan fingerprint density at radius 3 is 2.75 bits per heavy atom. The van der Waals surface area contributed by atoms with E-state index in [1.165, 1.54) is 13.2 Å². The number of nitrogens with zero attached hydrogens (tertiary/aromatic N) is 2. The van der Waals surface area contributed by atoms with Crippen LogP contribution in [-0.4, -0.2) is 12.1 Å². The van der Waals surface area contributed by atoms with Gasteiger partial charge in [-0.2, -0.15) is 5.26 Å². The monoisotopic (exact) mass is 227 g/mol. The predicted octanol–water partition coefficient (Wildman–Crippen LogP) is 1.55. The van der Waals surface area contributed by atoms with E-state index in [9.17, 15) is 8.78 Å². The Kier molecular flexibility index (Phi) is 4.14. The number of alkyl halides is 2. The third kappa shape index (κ3) is 2.44. The fraction of sp³-hybridized carbons (Fsp3) is 0.400. The van der Waals surface area contributed by atoms with Gasteiger partial charge in [-0.3, -0.25) is 0 Å². The molecule has 4 nitrogen and oxygen atoms in total. The van der Waals surface area contributed by atoms with Gasteiger partial charge in [0.25, 0.3) is 6.43 Å². The molecule has 0 aliphatic carbocycles. The maximum absolute atomic E-state index is 12.6. The van der Waals surface area contributed by atoms with Gasteiger partial charge in [-0.1, -0.05) is 0 Å². The first-order chi connectivity index (χ1) is 7.63. The smallest absolute Gasteiger partial charge is 0.280 e. The minimum atomic E-state index is -2.72. The molecule has 0 aliphatic heterocycles. The van der Waals surface area contributed by atoms with Gasteiger partial charge in [0.2, 0.25) is 0 Å². The molecular formula is C10H11F2N3O. The lowest BCUT2D eigenvalue weighted by atomic mass is 10.1. The van der Waals surface area contributed by atoms with E-state index < -0.39 is 12.1 Å². The van der Waals surface area contributed by atoms with Crippen LogP contribution in [0.1, 0.15) is 23.4 Å². The molecule has 0 spiro atoms. The van der Waals surface area contributed by atoms with Crippen molar-refractivity contribution in [1.82, 2.24) is 4.98 Å². The highest BCUT2D eigenvalue weighted by molar-refractivity contribution is 5.37. The van der Waals surface area contributed by atoms with Crippen molar-refractivity contribution in [1.29, 1.82) is 5.26 Å². The van der Waals surface area contributed by atoms with Gasteiger partial charge in [-0.15, -0.1) is 0 Å². The van der Waals surface area contributed by atoms with Crippen LogP contribution < -0.4 is 10.5 Å². The third-order valence-electron chi connectivity index (χ3n) is 2.06. The fourth-order valence-electron chi connectivity index (χ4n) is 1.33. The molecule has 0 amide bonds. The van der Waals surface area contributed by atoms with Crippen molar-refractivity contribution in [3.8, 4) is 11.8 Å². The van der Waals surface area contributed by atoms with E-state index >= 15 is 0 Å². The molecule has 0 bridgehead atoms. The van der Waals surface area contributed by atoms with Gasteiger partial charge < -0.3 is 10.5 Å². The molecule has 0 saturated heterocycles. The van der Waals surface area contributed by atoms with Crippen molar-refractivity contribution in [2.75, 3.05) is 7.11 Å². The molecule has 0 saturated carbocycles. The minimum Gasteiger partial charge on any atom is -0.495 e. The Morgan fingerprint density at radius 1 is 1.62 bits per heavy atom. The second-order valence-corrected chi connectivity index (χ2v) is 3.02. The lowest BCUT2D eigenvalue weighted by molar-refractivity contribution is 0.144. The standard InChI is InChI=1S/C10H11F2N3O/c1-16-8-4-6(2-3-13)9(10(11)12)15-7(8)5-14/h4,10H,2,5,14H2,1H3. The summed E-state index contributed by atoms with van der Waals surface area (Å²) in [6.07, 6.45) is -2.85. The Labute approximate surface area is 91.7 Å². The molecule has 0 aromatic carbocycles. The van der Waals surface area contributed by atoms with Crippen LogP contribution >= 0.6 is 0 Å². The number of rotatable bonds is 4. The summed E-state index contributed by atoms with van der Waals surface area (Å²) in [5.74, 6) is 0.331. The number of nitriles is 1. The summed E-state index contributed by atoms with van der Waals surface area (Å²) in [6.45, 7) is 0.00965. The molecule has 0 atom stereocenters. The van der Waals surface area contributed by atoms with Crippen molar-refractivity contribution in [3.05, 3.63) is 23.0 Å². The van der Waals surface area contributed by atoms with Gasteiger partial charge >= 0.3 is 0 Å². The maximum atomic E-state index is 12.6. The topological polar surface area (TPSA) is 71.9 Å². The van der Waals surface area contributed by atoms with Crippen molar-refractivity contribution in [2.24, 2.45) is 5.73 Å². The highest BCUT2D eigenvalue weighted by atomic mass is 19.3. The van der Waals surface area contributed by atoms with Gasteiger partial charge in [0, 0.05) is 6.54 Å². The van der Waals surface area contributed by atoms with Gasteiger partial charge in [0.05, 0.1) is 25.3 Å². The van der Waals surface area contributed by atoms with Crippen LogP contribution in [0.4, 0.5) is 8.78 Å². The maximum Gasteiger partial charge on any atom is 0.280 e. The number of ether oxygens (including phenoxy) is 1. The van der Waals surface area contributed by atoms with Crippen molar-refractivity contribution in [2.45, 2.75) is 19.4 Å². The van der Waals surface area contributed by atoms with E-state index in [0.717, 1.165) is 0 Å². The number of hydrogen-bond donors (Lipinski definition) is 1. The Hall–Kier alpha value is -1.74. The first kappa shape index (κ1) is 12.3. The zero-order valence-electron chi connectivity index (χ0n) is 8.70. The van der Waals surface area contributed by atoms with Crippen LogP contribution in [0.5, 0.6) is 5.75 Å². The molecule has 1 aromatic rings. The lowest BCUT2D eigenvalue weighted by Crippen LogP contribution is -2.08. The van der Waals surface area contributed by atoms with Crippen LogP contribution in [0.25, 0.3) is 0 Å². The van der Waals surface area contributed by atoms with E-state index in [0.29, 0.717) is 5.75 Å². The molecule has 0 unspecified atom stereocenters. The number of methoxy groups -OCH3 is 1. The van der Waals surface area contributed by atoms with Crippen molar-refractivity contribution < 1.29 is 13.5 Å². The van der Waals surface area contributed by atoms with Gasteiger partial charge in [0.15, 0.2) is 0 Å².